The SMILES string of the molecule is COc1cc(OCc2ccccn2)cc(-c2ccc(-n3cccn3)cc2)c1. The van der Waals surface area contributed by atoms with Gasteiger partial charge >= 0.3 is 0 Å². The number of pyridine rings is 1. The Balaban J connectivity index is 1.58. The monoisotopic (exact) mass is 357 g/mol. The molecule has 134 valence electrons. The summed E-state index contributed by atoms with van der Waals surface area (Å²) in [6.45, 7) is 0.408. The molecule has 0 saturated heterocycles. The molecular formula is C22H19N3O2. The summed E-state index contributed by atoms with van der Waals surface area (Å²) < 4.78 is 13.2. The average molecular weight is 357 g/mol. The lowest BCUT2D eigenvalue weighted by atomic mass is 10.0. The third kappa shape index (κ3) is 3.98. The summed E-state index contributed by atoms with van der Waals surface area (Å²) >= 11 is 0. The maximum Gasteiger partial charge on any atom is 0.130 e. The van der Waals surface area contributed by atoms with E-state index in [2.05, 4.69) is 22.2 Å². The van der Waals surface area contributed by atoms with Crippen molar-refractivity contribution < 1.29 is 9.47 Å². The first kappa shape index (κ1) is 16.8. The van der Waals surface area contributed by atoms with Crippen LogP contribution in [0, 0.1) is 0 Å². The molecule has 0 aliphatic heterocycles. The van der Waals surface area contributed by atoms with E-state index in [-0.39, 0.29) is 0 Å². The van der Waals surface area contributed by atoms with Crippen molar-refractivity contribution in [1.29, 1.82) is 0 Å². The van der Waals surface area contributed by atoms with Crippen LogP contribution in [-0.2, 0) is 6.61 Å². The number of benzene rings is 2. The third-order valence-corrected chi connectivity index (χ3v) is 4.20. The lowest BCUT2D eigenvalue weighted by Gasteiger charge is -2.11. The molecule has 0 amide bonds. The lowest BCUT2D eigenvalue weighted by Crippen LogP contribution is -1.98. The van der Waals surface area contributed by atoms with E-state index in [1.807, 2.05) is 65.5 Å². The van der Waals surface area contributed by atoms with Gasteiger partial charge in [0.1, 0.15) is 18.1 Å². The molecule has 0 bridgehead atoms. The van der Waals surface area contributed by atoms with Crippen molar-refractivity contribution in [2.24, 2.45) is 0 Å². The van der Waals surface area contributed by atoms with Crippen LogP contribution in [-0.4, -0.2) is 21.9 Å². The number of aromatic nitrogens is 3. The molecule has 2 aromatic carbocycles. The van der Waals surface area contributed by atoms with Gasteiger partial charge in [0.25, 0.3) is 0 Å². The molecule has 0 N–H and O–H groups in total. The summed E-state index contributed by atoms with van der Waals surface area (Å²) in [6.07, 6.45) is 5.45. The Morgan fingerprint density at radius 3 is 2.41 bits per heavy atom. The Hall–Kier alpha value is -3.60. The van der Waals surface area contributed by atoms with Crippen molar-refractivity contribution >= 4 is 0 Å². The maximum absolute atomic E-state index is 5.92. The summed E-state index contributed by atoms with van der Waals surface area (Å²) in [4.78, 5) is 4.29. The Kier molecular flexibility index (Phi) is 4.83. The standard InChI is InChI=1S/C22H19N3O2/c1-26-21-13-18(14-22(15-21)27-16-19-5-2-3-10-23-19)17-6-8-20(9-7-17)25-12-4-11-24-25/h2-15H,16H2,1H3. The van der Waals surface area contributed by atoms with E-state index in [1.54, 1.807) is 19.5 Å². The predicted octanol–water partition coefficient (Wildman–Crippen LogP) is 4.52. The van der Waals surface area contributed by atoms with Crippen LogP contribution < -0.4 is 9.47 Å². The van der Waals surface area contributed by atoms with E-state index in [1.165, 1.54) is 0 Å². The first-order chi connectivity index (χ1) is 13.3. The molecule has 0 fully saturated rings. The number of ether oxygens (including phenoxy) is 2. The van der Waals surface area contributed by atoms with Crippen LogP contribution in [0.4, 0.5) is 0 Å². The highest BCUT2D eigenvalue weighted by molar-refractivity contribution is 5.68. The Morgan fingerprint density at radius 2 is 1.70 bits per heavy atom. The average Bonchev–Trinajstić information content (AvgIpc) is 3.28. The molecule has 0 atom stereocenters. The number of rotatable bonds is 6. The molecular weight excluding hydrogens is 338 g/mol. The van der Waals surface area contributed by atoms with Crippen LogP contribution in [0.15, 0.2) is 85.3 Å². The van der Waals surface area contributed by atoms with Crippen LogP contribution in [0.3, 0.4) is 0 Å². The highest BCUT2D eigenvalue weighted by atomic mass is 16.5. The molecule has 0 unspecified atom stereocenters. The van der Waals surface area contributed by atoms with Crippen LogP contribution in [0.5, 0.6) is 11.5 Å². The van der Waals surface area contributed by atoms with Gasteiger partial charge in [-0.3, -0.25) is 4.98 Å². The van der Waals surface area contributed by atoms with E-state index in [9.17, 15) is 0 Å². The maximum atomic E-state index is 5.92. The predicted molar refractivity (Wildman–Crippen MR) is 104 cm³/mol. The highest BCUT2D eigenvalue weighted by Gasteiger charge is 2.06. The zero-order valence-corrected chi connectivity index (χ0v) is 14.9. The first-order valence-electron chi connectivity index (χ1n) is 8.64. The van der Waals surface area contributed by atoms with Gasteiger partial charge in [-0.2, -0.15) is 5.10 Å². The summed E-state index contributed by atoms with van der Waals surface area (Å²) in [5, 5.41) is 4.25. The van der Waals surface area contributed by atoms with E-state index in [4.69, 9.17) is 9.47 Å². The van der Waals surface area contributed by atoms with Crippen molar-refractivity contribution in [1.82, 2.24) is 14.8 Å². The van der Waals surface area contributed by atoms with Gasteiger partial charge < -0.3 is 9.47 Å². The second-order valence-corrected chi connectivity index (χ2v) is 6.00. The van der Waals surface area contributed by atoms with E-state index < -0.39 is 0 Å². The molecule has 0 spiro atoms. The Morgan fingerprint density at radius 1 is 0.852 bits per heavy atom. The largest absolute Gasteiger partial charge is 0.497 e. The fourth-order valence-corrected chi connectivity index (χ4v) is 2.81. The highest BCUT2D eigenvalue weighted by Crippen LogP contribution is 2.30. The summed E-state index contributed by atoms with van der Waals surface area (Å²) in [5.41, 5.74) is 3.99. The van der Waals surface area contributed by atoms with Crippen LogP contribution in [0.2, 0.25) is 0 Å². The molecule has 5 heteroatoms. The molecule has 2 heterocycles. The first-order valence-corrected chi connectivity index (χ1v) is 8.64. The van der Waals surface area contributed by atoms with Gasteiger partial charge in [-0.05, 0) is 53.6 Å². The summed E-state index contributed by atoms with van der Waals surface area (Å²) in [5.74, 6) is 1.49. The molecule has 0 radical (unpaired) electrons. The molecule has 5 nitrogen and oxygen atoms in total. The van der Waals surface area contributed by atoms with Crippen molar-refractivity contribution in [3.05, 3.63) is 91.0 Å². The van der Waals surface area contributed by atoms with Crippen LogP contribution >= 0.6 is 0 Å². The quantitative estimate of drug-likeness (QED) is 0.509. The number of hydrogen-bond donors (Lipinski definition) is 0. The van der Waals surface area contributed by atoms with Gasteiger partial charge in [-0.15, -0.1) is 0 Å². The van der Waals surface area contributed by atoms with Crippen molar-refractivity contribution in [2.45, 2.75) is 6.61 Å². The van der Waals surface area contributed by atoms with Crippen molar-refractivity contribution in [3.8, 4) is 28.3 Å². The zero-order valence-electron chi connectivity index (χ0n) is 14.9. The molecule has 4 rings (SSSR count). The van der Waals surface area contributed by atoms with Crippen LogP contribution in [0.25, 0.3) is 16.8 Å². The molecule has 27 heavy (non-hydrogen) atoms. The molecule has 2 aromatic heterocycles. The van der Waals surface area contributed by atoms with Crippen molar-refractivity contribution in [3.63, 3.8) is 0 Å². The second kappa shape index (κ2) is 7.74. The Labute approximate surface area is 157 Å². The van der Waals surface area contributed by atoms with Gasteiger partial charge in [0.2, 0.25) is 0 Å². The molecule has 0 aliphatic carbocycles. The number of hydrogen-bond acceptors (Lipinski definition) is 4. The summed E-state index contributed by atoms with van der Waals surface area (Å²) in [6, 6.07) is 21.8. The van der Waals surface area contributed by atoms with Gasteiger partial charge in [0.05, 0.1) is 18.5 Å². The minimum Gasteiger partial charge on any atom is -0.497 e. The topological polar surface area (TPSA) is 49.2 Å². The second-order valence-electron chi connectivity index (χ2n) is 6.00. The van der Waals surface area contributed by atoms with E-state index in [0.29, 0.717) is 6.61 Å². The number of nitrogens with zero attached hydrogens (tertiary/aromatic N) is 3. The molecule has 0 saturated carbocycles. The fourth-order valence-electron chi connectivity index (χ4n) is 2.81. The summed E-state index contributed by atoms with van der Waals surface area (Å²) in [7, 11) is 1.66. The minimum absolute atomic E-state index is 0.408. The third-order valence-electron chi connectivity index (χ3n) is 4.20. The fraction of sp³-hybridized carbons (Fsp3) is 0.0909. The molecule has 0 aliphatic rings. The van der Waals surface area contributed by atoms with Gasteiger partial charge in [-0.25, -0.2) is 4.68 Å². The molecule has 4 aromatic rings. The van der Waals surface area contributed by atoms with Crippen LogP contribution in [0.1, 0.15) is 5.69 Å². The number of methoxy groups -OCH3 is 1. The van der Waals surface area contributed by atoms with Crippen molar-refractivity contribution in [2.75, 3.05) is 7.11 Å². The van der Waals surface area contributed by atoms with Gasteiger partial charge in [-0.1, -0.05) is 18.2 Å². The smallest absolute Gasteiger partial charge is 0.130 e. The van der Waals surface area contributed by atoms with Gasteiger partial charge in [0, 0.05) is 24.7 Å². The normalized spacial score (nSPS) is 10.6. The van der Waals surface area contributed by atoms with Gasteiger partial charge in [0.15, 0.2) is 0 Å². The van der Waals surface area contributed by atoms with E-state index in [0.717, 1.165) is 34.0 Å². The zero-order chi connectivity index (χ0) is 18.5. The van der Waals surface area contributed by atoms with E-state index >= 15 is 0 Å². The lowest BCUT2D eigenvalue weighted by molar-refractivity contribution is 0.299. The Bertz CT molecular complexity index is 998. The minimum atomic E-state index is 0.408.